The Kier molecular flexibility index (Phi) is 5.49. The standard InChI is InChI=1S/C21H28N2O2/c1-16-6-5-7-20(17(16)2)23-12-10-22(11-13-23)15-18-8-9-19(24-3)14-21(18)25-4/h5-9,14H,10-13,15H2,1-4H3/p+1. The van der Waals surface area contributed by atoms with E-state index in [1.165, 1.54) is 22.4 Å². The van der Waals surface area contributed by atoms with E-state index in [1.807, 2.05) is 12.1 Å². The van der Waals surface area contributed by atoms with Crippen molar-refractivity contribution in [3.05, 3.63) is 53.1 Å². The van der Waals surface area contributed by atoms with Gasteiger partial charge in [0.05, 0.1) is 40.4 Å². The predicted molar refractivity (Wildman–Crippen MR) is 102 cm³/mol. The summed E-state index contributed by atoms with van der Waals surface area (Å²) < 4.78 is 10.8. The molecule has 4 heteroatoms. The maximum absolute atomic E-state index is 5.54. The van der Waals surface area contributed by atoms with Gasteiger partial charge in [-0.1, -0.05) is 12.1 Å². The molecule has 25 heavy (non-hydrogen) atoms. The van der Waals surface area contributed by atoms with Crippen LogP contribution in [0.3, 0.4) is 0 Å². The lowest BCUT2D eigenvalue weighted by Gasteiger charge is -2.35. The summed E-state index contributed by atoms with van der Waals surface area (Å²) >= 11 is 0. The molecule has 4 nitrogen and oxygen atoms in total. The van der Waals surface area contributed by atoms with Crippen LogP contribution in [-0.4, -0.2) is 40.4 Å². The maximum atomic E-state index is 5.54. The van der Waals surface area contributed by atoms with Gasteiger partial charge in [-0.3, -0.25) is 0 Å². The summed E-state index contributed by atoms with van der Waals surface area (Å²) in [6.45, 7) is 9.89. The number of quaternary nitrogens is 1. The lowest BCUT2D eigenvalue weighted by atomic mass is 10.1. The van der Waals surface area contributed by atoms with Crippen molar-refractivity contribution in [3.63, 3.8) is 0 Å². The monoisotopic (exact) mass is 341 g/mol. The van der Waals surface area contributed by atoms with Gasteiger partial charge in [0.15, 0.2) is 0 Å². The molecular weight excluding hydrogens is 312 g/mol. The first-order chi connectivity index (χ1) is 12.1. The first-order valence-corrected chi connectivity index (χ1v) is 8.98. The highest BCUT2D eigenvalue weighted by molar-refractivity contribution is 5.56. The molecule has 0 unspecified atom stereocenters. The van der Waals surface area contributed by atoms with Gasteiger partial charge in [-0.05, 0) is 43.2 Å². The number of anilines is 1. The van der Waals surface area contributed by atoms with Gasteiger partial charge < -0.3 is 19.3 Å². The van der Waals surface area contributed by atoms with Gasteiger partial charge in [-0.25, -0.2) is 0 Å². The van der Waals surface area contributed by atoms with Crippen molar-refractivity contribution in [2.45, 2.75) is 20.4 Å². The third kappa shape index (κ3) is 3.90. The molecule has 0 aliphatic carbocycles. The van der Waals surface area contributed by atoms with Gasteiger partial charge >= 0.3 is 0 Å². The Balaban J connectivity index is 1.64. The fourth-order valence-electron chi connectivity index (χ4n) is 3.59. The van der Waals surface area contributed by atoms with Crippen LogP contribution in [0.4, 0.5) is 5.69 Å². The fourth-order valence-corrected chi connectivity index (χ4v) is 3.59. The Morgan fingerprint density at radius 3 is 2.44 bits per heavy atom. The second kappa shape index (κ2) is 7.79. The van der Waals surface area contributed by atoms with E-state index in [9.17, 15) is 0 Å². The largest absolute Gasteiger partial charge is 0.497 e. The second-order valence-electron chi connectivity index (χ2n) is 6.81. The Bertz CT molecular complexity index is 722. The van der Waals surface area contributed by atoms with Crippen molar-refractivity contribution in [1.29, 1.82) is 0 Å². The molecule has 1 heterocycles. The number of aryl methyl sites for hydroxylation is 1. The van der Waals surface area contributed by atoms with Gasteiger partial charge in [0.25, 0.3) is 0 Å². The lowest BCUT2D eigenvalue weighted by Crippen LogP contribution is -3.13. The molecule has 0 bridgehead atoms. The number of nitrogens with zero attached hydrogens (tertiary/aromatic N) is 1. The summed E-state index contributed by atoms with van der Waals surface area (Å²) in [6.07, 6.45) is 0. The Hall–Kier alpha value is -2.20. The van der Waals surface area contributed by atoms with Crippen molar-refractivity contribution in [1.82, 2.24) is 0 Å². The molecule has 0 spiro atoms. The minimum absolute atomic E-state index is 0.843. The molecule has 1 aliphatic heterocycles. The molecule has 1 fully saturated rings. The molecule has 1 aliphatic rings. The zero-order chi connectivity index (χ0) is 17.8. The number of rotatable bonds is 5. The van der Waals surface area contributed by atoms with E-state index in [-0.39, 0.29) is 0 Å². The average Bonchev–Trinajstić information content (AvgIpc) is 2.65. The van der Waals surface area contributed by atoms with Crippen LogP contribution in [0.2, 0.25) is 0 Å². The quantitative estimate of drug-likeness (QED) is 0.903. The molecule has 1 saturated heterocycles. The molecule has 0 saturated carbocycles. The minimum Gasteiger partial charge on any atom is -0.497 e. The third-order valence-electron chi connectivity index (χ3n) is 5.32. The van der Waals surface area contributed by atoms with Gasteiger partial charge in [0.2, 0.25) is 0 Å². The maximum Gasteiger partial charge on any atom is 0.131 e. The Morgan fingerprint density at radius 1 is 1.00 bits per heavy atom. The zero-order valence-electron chi connectivity index (χ0n) is 15.8. The topological polar surface area (TPSA) is 26.1 Å². The van der Waals surface area contributed by atoms with E-state index in [2.05, 4.69) is 43.0 Å². The summed E-state index contributed by atoms with van der Waals surface area (Å²) in [6, 6.07) is 12.7. The molecule has 0 radical (unpaired) electrons. The van der Waals surface area contributed by atoms with Crippen LogP contribution in [0.5, 0.6) is 11.5 Å². The van der Waals surface area contributed by atoms with Gasteiger partial charge in [0, 0.05) is 17.3 Å². The lowest BCUT2D eigenvalue weighted by molar-refractivity contribution is -0.914. The zero-order valence-corrected chi connectivity index (χ0v) is 15.8. The van der Waals surface area contributed by atoms with E-state index in [0.29, 0.717) is 0 Å². The van der Waals surface area contributed by atoms with E-state index in [4.69, 9.17) is 9.47 Å². The summed E-state index contributed by atoms with van der Waals surface area (Å²) in [4.78, 5) is 4.13. The highest BCUT2D eigenvalue weighted by atomic mass is 16.5. The Morgan fingerprint density at radius 2 is 1.76 bits per heavy atom. The molecule has 0 aromatic heterocycles. The summed E-state index contributed by atoms with van der Waals surface area (Å²) in [5, 5.41) is 0. The van der Waals surface area contributed by atoms with Crippen LogP contribution < -0.4 is 19.3 Å². The molecule has 3 rings (SSSR count). The van der Waals surface area contributed by atoms with Crippen LogP contribution in [-0.2, 0) is 6.54 Å². The highest BCUT2D eigenvalue weighted by Crippen LogP contribution is 2.25. The number of ether oxygens (including phenoxy) is 2. The van der Waals surface area contributed by atoms with Crippen molar-refractivity contribution in [2.75, 3.05) is 45.3 Å². The minimum atomic E-state index is 0.843. The number of methoxy groups -OCH3 is 2. The summed E-state index contributed by atoms with van der Waals surface area (Å²) in [7, 11) is 3.41. The molecule has 1 N–H and O–H groups in total. The number of hydrogen-bond donors (Lipinski definition) is 1. The molecule has 2 aromatic carbocycles. The van der Waals surface area contributed by atoms with Crippen molar-refractivity contribution in [3.8, 4) is 11.5 Å². The molecule has 0 atom stereocenters. The highest BCUT2D eigenvalue weighted by Gasteiger charge is 2.22. The molecule has 2 aromatic rings. The SMILES string of the molecule is COc1ccc(C[NH+]2CCN(c3cccc(C)c3C)CC2)c(OC)c1. The normalized spacial score (nSPS) is 15.3. The van der Waals surface area contributed by atoms with Gasteiger partial charge in [-0.2, -0.15) is 0 Å². The van der Waals surface area contributed by atoms with Gasteiger partial charge in [0.1, 0.15) is 18.0 Å². The second-order valence-corrected chi connectivity index (χ2v) is 6.81. The first-order valence-electron chi connectivity index (χ1n) is 8.98. The Labute approximate surface area is 151 Å². The smallest absolute Gasteiger partial charge is 0.131 e. The molecule has 0 amide bonds. The van der Waals surface area contributed by atoms with Crippen LogP contribution in [0.1, 0.15) is 16.7 Å². The van der Waals surface area contributed by atoms with E-state index < -0.39 is 0 Å². The summed E-state index contributed by atoms with van der Waals surface area (Å²) in [5.41, 5.74) is 5.41. The number of piperazine rings is 1. The van der Waals surface area contributed by atoms with Crippen LogP contribution >= 0.6 is 0 Å². The molecular formula is C21H29N2O2+. The number of benzene rings is 2. The van der Waals surface area contributed by atoms with Crippen LogP contribution in [0.25, 0.3) is 0 Å². The van der Waals surface area contributed by atoms with Crippen molar-refractivity contribution >= 4 is 5.69 Å². The van der Waals surface area contributed by atoms with E-state index in [0.717, 1.165) is 44.2 Å². The van der Waals surface area contributed by atoms with E-state index in [1.54, 1.807) is 19.1 Å². The van der Waals surface area contributed by atoms with Crippen LogP contribution in [0.15, 0.2) is 36.4 Å². The molecule has 134 valence electrons. The van der Waals surface area contributed by atoms with E-state index >= 15 is 0 Å². The predicted octanol–water partition coefficient (Wildman–Crippen LogP) is 2.23. The third-order valence-corrected chi connectivity index (χ3v) is 5.32. The number of nitrogens with one attached hydrogen (secondary N) is 1. The number of hydrogen-bond acceptors (Lipinski definition) is 3. The fraction of sp³-hybridized carbons (Fsp3) is 0.429. The average molecular weight is 341 g/mol. The van der Waals surface area contributed by atoms with Crippen molar-refractivity contribution < 1.29 is 14.4 Å². The van der Waals surface area contributed by atoms with Crippen molar-refractivity contribution in [2.24, 2.45) is 0 Å². The van der Waals surface area contributed by atoms with Crippen LogP contribution in [0, 0.1) is 13.8 Å². The van der Waals surface area contributed by atoms with Gasteiger partial charge in [-0.15, -0.1) is 0 Å². The summed E-state index contributed by atoms with van der Waals surface area (Å²) in [5.74, 6) is 1.76. The first kappa shape index (κ1) is 17.6.